The molecule has 104 valence electrons. The highest BCUT2D eigenvalue weighted by Gasteiger charge is 2.38. The molecule has 0 aliphatic carbocycles. The molecule has 1 aromatic rings. The van der Waals surface area contributed by atoms with Gasteiger partial charge in [-0.3, -0.25) is 9.59 Å². The summed E-state index contributed by atoms with van der Waals surface area (Å²) in [6, 6.07) is -0.787. The molecule has 2 rings (SSSR count). The van der Waals surface area contributed by atoms with Gasteiger partial charge in [0, 0.05) is 24.0 Å². The van der Waals surface area contributed by atoms with Gasteiger partial charge in [-0.1, -0.05) is 13.8 Å². The molecule has 0 bridgehead atoms. The smallest absolute Gasteiger partial charge is 0.245 e. The van der Waals surface area contributed by atoms with Crippen molar-refractivity contribution in [2.75, 3.05) is 6.54 Å². The van der Waals surface area contributed by atoms with Crippen LogP contribution in [0, 0.1) is 0 Å². The minimum Gasteiger partial charge on any atom is -0.343 e. The largest absolute Gasteiger partial charge is 0.343 e. The first kappa shape index (κ1) is 14.0. The van der Waals surface area contributed by atoms with Crippen LogP contribution >= 0.6 is 11.3 Å². The number of nitrogens with one attached hydrogen (secondary N) is 1. The lowest BCUT2D eigenvalue weighted by molar-refractivity contribution is -0.149. The monoisotopic (exact) mass is 281 g/mol. The zero-order chi connectivity index (χ0) is 14.0. The number of hydrogen-bond donors (Lipinski definition) is 1. The van der Waals surface area contributed by atoms with Gasteiger partial charge in [-0.05, 0) is 13.3 Å². The summed E-state index contributed by atoms with van der Waals surface area (Å²) in [5.41, 5.74) is 0. The topological polar surface area (TPSA) is 62.3 Å². The number of piperazine rings is 1. The van der Waals surface area contributed by atoms with E-state index in [9.17, 15) is 9.59 Å². The Morgan fingerprint density at radius 3 is 2.84 bits per heavy atom. The molecule has 2 amide bonds. The van der Waals surface area contributed by atoms with E-state index in [1.807, 2.05) is 19.2 Å². The van der Waals surface area contributed by atoms with Gasteiger partial charge in [-0.25, -0.2) is 4.98 Å². The number of nitrogens with zero attached hydrogens (tertiary/aromatic N) is 2. The molecule has 1 aliphatic rings. The van der Waals surface area contributed by atoms with Crippen molar-refractivity contribution in [2.45, 2.75) is 45.2 Å². The normalized spacial score (nSPS) is 25.3. The Morgan fingerprint density at radius 2 is 2.26 bits per heavy atom. The summed E-state index contributed by atoms with van der Waals surface area (Å²) in [5, 5.41) is 5.65. The maximum atomic E-state index is 12.2. The molecular formula is C13H19N3O2S. The van der Waals surface area contributed by atoms with Crippen LogP contribution in [-0.4, -0.2) is 40.3 Å². The molecule has 1 N–H and O–H groups in total. The van der Waals surface area contributed by atoms with E-state index >= 15 is 0 Å². The van der Waals surface area contributed by atoms with Crippen molar-refractivity contribution in [3.05, 3.63) is 16.6 Å². The maximum absolute atomic E-state index is 12.2. The summed E-state index contributed by atoms with van der Waals surface area (Å²) in [6.45, 7) is 6.24. The van der Waals surface area contributed by atoms with E-state index in [2.05, 4.69) is 10.3 Å². The third kappa shape index (κ3) is 2.78. The Kier molecular flexibility index (Phi) is 4.19. The Morgan fingerprint density at radius 1 is 1.53 bits per heavy atom. The maximum Gasteiger partial charge on any atom is 0.245 e. The van der Waals surface area contributed by atoms with Gasteiger partial charge in [0.15, 0.2) is 0 Å². The third-order valence-corrected chi connectivity index (χ3v) is 4.43. The van der Waals surface area contributed by atoms with Crippen molar-refractivity contribution in [1.29, 1.82) is 0 Å². The summed E-state index contributed by atoms with van der Waals surface area (Å²) in [4.78, 5) is 30.2. The number of aromatic nitrogens is 1. The average Bonchev–Trinajstić information content (AvgIpc) is 2.89. The zero-order valence-corrected chi connectivity index (χ0v) is 12.2. The molecule has 1 saturated heterocycles. The van der Waals surface area contributed by atoms with E-state index in [-0.39, 0.29) is 23.8 Å². The van der Waals surface area contributed by atoms with Gasteiger partial charge in [-0.15, -0.1) is 11.3 Å². The van der Waals surface area contributed by atoms with Crippen LogP contribution in [-0.2, 0) is 9.59 Å². The van der Waals surface area contributed by atoms with Crippen LogP contribution in [0.3, 0.4) is 0 Å². The quantitative estimate of drug-likeness (QED) is 0.906. The van der Waals surface area contributed by atoms with Crippen LogP contribution in [0.15, 0.2) is 11.6 Å². The minimum absolute atomic E-state index is 0.00476. The zero-order valence-electron chi connectivity index (χ0n) is 11.4. The molecule has 2 heterocycles. The van der Waals surface area contributed by atoms with Crippen molar-refractivity contribution < 1.29 is 9.59 Å². The fraction of sp³-hybridized carbons (Fsp3) is 0.615. The van der Waals surface area contributed by atoms with Gasteiger partial charge >= 0.3 is 0 Å². The number of thiazole rings is 1. The molecule has 19 heavy (non-hydrogen) atoms. The Bertz CT molecular complexity index is 460. The van der Waals surface area contributed by atoms with Gasteiger partial charge in [-0.2, -0.15) is 0 Å². The molecule has 0 spiro atoms. The second kappa shape index (κ2) is 5.69. The molecule has 6 heteroatoms. The lowest BCUT2D eigenvalue weighted by Crippen LogP contribution is -2.62. The second-order valence-electron chi connectivity index (χ2n) is 4.92. The molecule has 0 aromatic carbocycles. The fourth-order valence-electron chi connectivity index (χ4n) is 2.39. The molecule has 1 aliphatic heterocycles. The summed E-state index contributed by atoms with van der Waals surface area (Å²) in [6.07, 6.45) is 2.40. The van der Waals surface area contributed by atoms with E-state index in [0.29, 0.717) is 13.0 Å². The van der Waals surface area contributed by atoms with E-state index in [1.54, 1.807) is 29.4 Å². The van der Waals surface area contributed by atoms with Gasteiger partial charge in [0.25, 0.3) is 0 Å². The van der Waals surface area contributed by atoms with Crippen LogP contribution in [0.2, 0.25) is 0 Å². The number of hydrogen-bond acceptors (Lipinski definition) is 4. The first-order valence-corrected chi connectivity index (χ1v) is 7.42. The van der Waals surface area contributed by atoms with Crippen molar-refractivity contribution in [3.63, 3.8) is 0 Å². The SMILES string of the molecule is CCC1C(=O)NC(C)C(=O)N1CC(C)c1nccs1. The van der Waals surface area contributed by atoms with Gasteiger partial charge in [0.2, 0.25) is 11.8 Å². The number of carbonyl (C=O) groups excluding carboxylic acids is 2. The van der Waals surface area contributed by atoms with Crippen LogP contribution in [0.4, 0.5) is 0 Å². The van der Waals surface area contributed by atoms with Crippen LogP contribution < -0.4 is 5.32 Å². The Labute approximate surface area is 117 Å². The molecule has 1 fully saturated rings. The summed E-state index contributed by atoms with van der Waals surface area (Å²) in [5.74, 6) is 0.0897. The van der Waals surface area contributed by atoms with E-state index in [0.717, 1.165) is 5.01 Å². The molecule has 3 atom stereocenters. The summed E-state index contributed by atoms with van der Waals surface area (Å²) < 4.78 is 0. The summed E-state index contributed by atoms with van der Waals surface area (Å²) in [7, 11) is 0. The molecule has 3 unspecified atom stereocenters. The third-order valence-electron chi connectivity index (χ3n) is 3.42. The number of rotatable bonds is 4. The van der Waals surface area contributed by atoms with E-state index in [1.165, 1.54) is 0 Å². The van der Waals surface area contributed by atoms with Crippen LogP contribution in [0.25, 0.3) is 0 Å². The Balaban J connectivity index is 2.15. The standard InChI is InChI=1S/C13H19N3O2S/c1-4-10-11(17)15-9(3)13(18)16(10)7-8(2)12-14-5-6-19-12/h5-6,8-10H,4,7H2,1-3H3,(H,15,17). The van der Waals surface area contributed by atoms with E-state index < -0.39 is 6.04 Å². The molecular weight excluding hydrogens is 262 g/mol. The predicted molar refractivity (Wildman–Crippen MR) is 73.9 cm³/mol. The van der Waals surface area contributed by atoms with Crippen LogP contribution in [0.1, 0.15) is 38.1 Å². The lowest BCUT2D eigenvalue weighted by atomic mass is 10.0. The van der Waals surface area contributed by atoms with Crippen molar-refractivity contribution >= 4 is 23.2 Å². The predicted octanol–water partition coefficient (Wildman–Crippen LogP) is 1.37. The summed E-state index contributed by atoms with van der Waals surface area (Å²) >= 11 is 1.58. The average molecular weight is 281 g/mol. The fourth-order valence-corrected chi connectivity index (χ4v) is 3.08. The van der Waals surface area contributed by atoms with E-state index in [4.69, 9.17) is 0 Å². The first-order chi connectivity index (χ1) is 9.04. The highest BCUT2D eigenvalue weighted by atomic mass is 32.1. The molecule has 0 saturated carbocycles. The van der Waals surface area contributed by atoms with Crippen LogP contribution in [0.5, 0.6) is 0 Å². The lowest BCUT2D eigenvalue weighted by Gasteiger charge is -2.38. The highest BCUT2D eigenvalue weighted by Crippen LogP contribution is 2.22. The number of amides is 2. The highest BCUT2D eigenvalue weighted by molar-refractivity contribution is 7.09. The minimum atomic E-state index is -0.432. The van der Waals surface area contributed by atoms with Gasteiger partial charge in [0.05, 0.1) is 5.01 Å². The molecule has 5 nitrogen and oxygen atoms in total. The first-order valence-electron chi connectivity index (χ1n) is 6.54. The van der Waals surface area contributed by atoms with Gasteiger partial charge in [0.1, 0.15) is 12.1 Å². The Hall–Kier alpha value is -1.43. The molecule has 1 aromatic heterocycles. The van der Waals surface area contributed by atoms with Crippen molar-refractivity contribution in [2.24, 2.45) is 0 Å². The van der Waals surface area contributed by atoms with Crippen molar-refractivity contribution in [1.82, 2.24) is 15.2 Å². The molecule has 0 radical (unpaired) electrons. The second-order valence-corrected chi connectivity index (χ2v) is 5.84. The van der Waals surface area contributed by atoms with Gasteiger partial charge < -0.3 is 10.2 Å². The van der Waals surface area contributed by atoms with Crippen molar-refractivity contribution in [3.8, 4) is 0 Å². The number of carbonyl (C=O) groups is 2.